The molecule has 0 N–H and O–H groups in total. The normalized spacial score (nSPS) is 10.4. The molecular formula is C14H11ClF2N2O. The van der Waals surface area contributed by atoms with E-state index in [2.05, 4.69) is 4.98 Å². The predicted octanol–water partition coefficient (Wildman–Crippen LogP) is 3.29. The summed E-state index contributed by atoms with van der Waals surface area (Å²) in [6.07, 6.45) is 1.43. The lowest BCUT2D eigenvalue weighted by Gasteiger charge is -2.17. The third-order valence-corrected chi connectivity index (χ3v) is 2.93. The molecule has 0 spiro atoms. The number of rotatable bonds is 3. The van der Waals surface area contributed by atoms with Gasteiger partial charge in [0.25, 0.3) is 5.91 Å². The van der Waals surface area contributed by atoms with Crippen molar-refractivity contribution >= 4 is 17.5 Å². The Bertz CT molecular complexity index is 649. The first kappa shape index (κ1) is 14.4. The Morgan fingerprint density at radius 2 is 2.00 bits per heavy atom. The van der Waals surface area contributed by atoms with Gasteiger partial charge in [-0.3, -0.25) is 4.79 Å². The van der Waals surface area contributed by atoms with Crippen LogP contribution in [-0.2, 0) is 6.54 Å². The summed E-state index contributed by atoms with van der Waals surface area (Å²) in [5.41, 5.74) is 0.884. The van der Waals surface area contributed by atoms with Crippen molar-refractivity contribution in [1.82, 2.24) is 9.88 Å². The van der Waals surface area contributed by atoms with Crippen LogP contribution < -0.4 is 0 Å². The van der Waals surface area contributed by atoms with Crippen molar-refractivity contribution in [3.63, 3.8) is 0 Å². The molecule has 2 rings (SSSR count). The molecule has 0 radical (unpaired) electrons. The quantitative estimate of drug-likeness (QED) is 0.814. The predicted molar refractivity (Wildman–Crippen MR) is 71.4 cm³/mol. The van der Waals surface area contributed by atoms with Gasteiger partial charge in [-0.1, -0.05) is 17.7 Å². The van der Waals surface area contributed by atoms with Crippen LogP contribution >= 0.6 is 11.6 Å². The van der Waals surface area contributed by atoms with Crippen molar-refractivity contribution in [2.75, 3.05) is 7.05 Å². The Morgan fingerprint density at radius 1 is 1.25 bits per heavy atom. The molecular weight excluding hydrogens is 286 g/mol. The van der Waals surface area contributed by atoms with Gasteiger partial charge in [0.2, 0.25) is 0 Å². The minimum absolute atomic E-state index is 0.163. The molecule has 0 saturated heterocycles. The highest BCUT2D eigenvalue weighted by molar-refractivity contribution is 6.29. The summed E-state index contributed by atoms with van der Waals surface area (Å²) in [6, 6.07) is 6.52. The maximum absolute atomic E-state index is 13.1. The van der Waals surface area contributed by atoms with E-state index in [1.807, 2.05) is 0 Å². The fourth-order valence-electron chi connectivity index (χ4n) is 1.74. The zero-order valence-electron chi connectivity index (χ0n) is 10.6. The third kappa shape index (κ3) is 3.30. The van der Waals surface area contributed by atoms with E-state index in [0.717, 1.165) is 12.1 Å². The number of aromatic nitrogens is 1. The second-order valence-corrected chi connectivity index (χ2v) is 4.66. The first-order valence-electron chi connectivity index (χ1n) is 5.78. The molecule has 0 aliphatic rings. The molecule has 20 heavy (non-hydrogen) atoms. The van der Waals surface area contributed by atoms with Crippen LogP contribution in [0.3, 0.4) is 0 Å². The van der Waals surface area contributed by atoms with E-state index in [1.165, 1.54) is 29.3 Å². The Kier molecular flexibility index (Phi) is 4.29. The number of hydrogen-bond donors (Lipinski definition) is 0. The number of carbonyl (C=O) groups is 1. The standard InChI is InChI=1S/C14H11ClF2N2O/c1-19(8-9-2-3-11(16)12(17)6-9)14(20)10-4-5-18-13(15)7-10/h2-7H,8H2,1H3. The van der Waals surface area contributed by atoms with Crippen molar-refractivity contribution in [3.05, 3.63) is 64.4 Å². The molecule has 0 aliphatic heterocycles. The highest BCUT2D eigenvalue weighted by Gasteiger charge is 2.13. The molecule has 2 aromatic rings. The molecule has 1 aromatic carbocycles. The minimum atomic E-state index is -0.935. The molecule has 0 atom stereocenters. The summed E-state index contributed by atoms with van der Waals surface area (Å²) >= 11 is 5.72. The zero-order chi connectivity index (χ0) is 14.7. The monoisotopic (exact) mass is 296 g/mol. The van der Waals surface area contributed by atoms with Gasteiger partial charge in [0.1, 0.15) is 5.15 Å². The second-order valence-electron chi connectivity index (χ2n) is 4.28. The minimum Gasteiger partial charge on any atom is -0.337 e. The molecule has 0 unspecified atom stereocenters. The van der Waals surface area contributed by atoms with Crippen molar-refractivity contribution in [2.45, 2.75) is 6.54 Å². The van der Waals surface area contributed by atoms with E-state index < -0.39 is 11.6 Å². The topological polar surface area (TPSA) is 33.2 Å². The number of amides is 1. The van der Waals surface area contributed by atoms with Crippen LogP contribution in [0.4, 0.5) is 8.78 Å². The summed E-state index contributed by atoms with van der Waals surface area (Å²) in [5.74, 6) is -2.13. The molecule has 0 bridgehead atoms. The summed E-state index contributed by atoms with van der Waals surface area (Å²) in [5, 5.41) is 0.220. The Balaban J connectivity index is 2.13. The number of pyridine rings is 1. The van der Waals surface area contributed by atoms with Gasteiger partial charge >= 0.3 is 0 Å². The highest BCUT2D eigenvalue weighted by Crippen LogP contribution is 2.13. The summed E-state index contributed by atoms with van der Waals surface area (Å²) in [6.45, 7) is 0.163. The van der Waals surface area contributed by atoms with Crippen LogP contribution in [0.1, 0.15) is 15.9 Å². The fraction of sp³-hybridized carbons (Fsp3) is 0.143. The molecule has 0 fully saturated rings. The van der Waals surface area contributed by atoms with E-state index in [4.69, 9.17) is 11.6 Å². The Morgan fingerprint density at radius 3 is 2.65 bits per heavy atom. The Labute approximate surface area is 119 Å². The van der Waals surface area contributed by atoms with Crippen LogP contribution in [0.2, 0.25) is 5.15 Å². The lowest BCUT2D eigenvalue weighted by Crippen LogP contribution is -2.26. The average molecular weight is 297 g/mol. The van der Waals surface area contributed by atoms with Gasteiger partial charge in [0.15, 0.2) is 11.6 Å². The first-order chi connectivity index (χ1) is 9.47. The molecule has 0 aliphatic carbocycles. The van der Waals surface area contributed by atoms with Crippen LogP contribution in [0, 0.1) is 11.6 Å². The smallest absolute Gasteiger partial charge is 0.254 e. The molecule has 104 valence electrons. The molecule has 1 aromatic heterocycles. The van der Waals surface area contributed by atoms with Gasteiger partial charge in [0.05, 0.1) is 0 Å². The van der Waals surface area contributed by atoms with Gasteiger partial charge in [-0.15, -0.1) is 0 Å². The largest absolute Gasteiger partial charge is 0.337 e. The number of carbonyl (C=O) groups excluding carboxylic acids is 1. The maximum Gasteiger partial charge on any atom is 0.254 e. The van der Waals surface area contributed by atoms with Crippen molar-refractivity contribution < 1.29 is 13.6 Å². The van der Waals surface area contributed by atoms with Gasteiger partial charge in [0, 0.05) is 25.4 Å². The number of halogens is 3. The van der Waals surface area contributed by atoms with Crippen LogP contribution in [0.25, 0.3) is 0 Å². The first-order valence-corrected chi connectivity index (χ1v) is 6.16. The number of hydrogen-bond acceptors (Lipinski definition) is 2. The van der Waals surface area contributed by atoms with E-state index in [9.17, 15) is 13.6 Å². The van der Waals surface area contributed by atoms with E-state index >= 15 is 0 Å². The summed E-state index contributed by atoms with van der Waals surface area (Å²) < 4.78 is 25.9. The van der Waals surface area contributed by atoms with Gasteiger partial charge in [-0.05, 0) is 29.8 Å². The lowest BCUT2D eigenvalue weighted by atomic mass is 10.2. The van der Waals surface area contributed by atoms with Gasteiger partial charge in [-0.25, -0.2) is 13.8 Å². The Hall–Kier alpha value is -2.01. The molecule has 6 heteroatoms. The van der Waals surface area contributed by atoms with Crippen molar-refractivity contribution in [3.8, 4) is 0 Å². The number of nitrogens with zero attached hydrogens (tertiary/aromatic N) is 2. The average Bonchev–Trinajstić information content (AvgIpc) is 2.42. The van der Waals surface area contributed by atoms with Crippen molar-refractivity contribution in [2.24, 2.45) is 0 Å². The second kappa shape index (κ2) is 5.96. The number of benzene rings is 1. The van der Waals surface area contributed by atoms with E-state index in [0.29, 0.717) is 11.1 Å². The maximum atomic E-state index is 13.1. The van der Waals surface area contributed by atoms with Gasteiger partial charge in [-0.2, -0.15) is 0 Å². The van der Waals surface area contributed by atoms with Crippen LogP contribution in [0.15, 0.2) is 36.5 Å². The van der Waals surface area contributed by atoms with E-state index in [-0.39, 0.29) is 17.6 Å². The van der Waals surface area contributed by atoms with Crippen LogP contribution in [0.5, 0.6) is 0 Å². The van der Waals surface area contributed by atoms with Crippen molar-refractivity contribution in [1.29, 1.82) is 0 Å². The summed E-state index contributed by atoms with van der Waals surface area (Å²) in [4.78, 5) is 17.3. The lowest BCUT2D eigenvalue weighted by molar-refractivity contribution is 0.0785. The highest BCUT2D eigenvalue weighted by atomic mass is 35.5. The fourth-order valence-corrected chi connectivity index (χ4v) is 1.91. The zero-order valence-corrected chi connectivity index (χ0v) is 11.4. The summed E-state index contributed by atoms with van der Waals surface area (Å²) in [7, 11) is 1.57. The third-order valence-electron chi connectivity index (χ3n) is 2.72. The SMILES string of the molecule is CN(Cc1ccc(F)c(F)c1)C(=O)c1ccnc(Cl)c1. The molecule has 1 heterocycles. The van der Waals surface area contributed by atoms with Crippen LogP contribution in [-0.4, -0.2) is 22.8 Å². The van der Waals surface area contributed by atoms with Gasteiger partial charge < -0.3 is 4.90 Å². The van der Waals surface area contributed by atoms with E-state index in [1.54, 1.807) is 7.05 Å². The molecule has 3 nitrogen and oxygen atoms in total. The molecule has 0 saturated carbocycles. The molecule has 1 amide bonds.